The predicted molar refractivity (Wildman–Crippen MR) is 103 cm³/mol. The average Bonchev–Trinajstić information content (AvgIpc) is 2.60. The van der Waals surface area contributed by atoms with Crippen LogP contribution in [0.2, 0.25) is 0 Å². The largest absolute Gasteiger partial charge is 0.478 e. The second-order valence-corrected chi connectivity index (χ2v) is 7.05. The van der Waals surface area contributed by atoms with Crippen molar-refractivity contribution in [1.82, 2.24) is 9.88 Å². The summed E-state index contributed by atoms with van der Waals surface area (Å²) in [4.78, 5) is 29.1. The molecule has 1 amide bonds. The number of carboxylic acids is 1. The molecule has 0 aliphatic heterocycles. The summed E-state index contributed by atoms with van der Waals surface area (Å²) in [5.74, 6) is -0.960. The molecule has 2 rings (SSSR count). The molecule has 1 aromatic heterocycles. The van der Waals surface area contributed by atoms with E-state index in [1.54, 1.807) is 41.6 Å². The van der Waals surface area contributed by atoms with Crippen LogP contribution in [0.1, 0.15) is 42.3 Å². The van der Waals surface area contributed by atoms with Crippen molar-refractivity contribution in [3.05, 3.63) is 71.6 Å². The van der Waals surface area contributed by atoms with Crippen LogP contribution in [-0.2, 0) is 11.3 Å². The number of ether oxygens (including phenoxy) is 1. The van der Waals surface area contributed by atoms with Gasteiger partial charge in [0.15, 0.2) is 0 Å². The van der Waals surface area contributed by atoms with E-state index in [1.165, 1.54) is 0 Å². The number of aromatic carboxylic acids is 1. The number of carbonyl (C=O) groups excluding carboxylic acids is 1. The summed E-state index contributed by atoms with van der Waals surface area (Å²) in [7, 11) is 0. The van der Waals surface area contributed by atoms with Crippen molar-refractivity contribution in [1.29, 1.82) is 0 Å². The molecule has 0 saturated heterocycles. The number of hydrogen-bond acceptors (Lipinski definition) is 4. The van der Waals surface area contributed by atoms with Crippen LogP contribution >= 0.6 is 0 Å². The number of nitrogens with zero attached hydrogens (tertiary/aromatic N) is 2. The van der Waals surface area contributed by atoms with Crippen LogP contribution in [0.15, 0.2) is 54.9 Å². The van der Waals surface area contributed by atoms with E-state index in [9.17, 15) is 9.59 Å². The first-order valence-electron chi connectivity index (χ1n) is 8.61. The van der Waals surface area contributed by atoms with E-state index in [0.29, 0.717) is 13.1 Å². The molecule has 0 bridgehead atoms. The van der Waals surface area contributed by atoms with Crippen LogP contribution in [0.25, 0.3) is 6.08 Å². The fraction of sp³-hybridized carbons (Fsp3) is 0.286. The molecule has 6 heteroatoms. The fourth-order valence-electron chi connectivity index (χ4n) is 2.29. The third-order valence-corrected chi connectivity index (χ3v) is 3.54. The average molecular weight is 368 g/mol. The van der Waals surface area contributed by atoms with Gasteiger partial charge in [-0.1, -0.05) is 30.4 Å². The number of hydrogen-bond donors (Lipinski definition) is 1. The minimum Gasteiger partial charge on any atom is -0.478 e. The Kier molecular flexibility index (Phi) is 6.71. The summed E-state index contributed by atoms with van der Waals surface area (Å²) >= 11 is 0. The number of benzene rings is 1. The highest BCUT2D eigenvalue weighted by molar-refractivity contribution is 5.87. The lowest BCUT2D eigenvalue weighted by atomic mass is 10.1. The maximum atomic E-state index is 12.5. The van der Waals surface area contributed by atoms with E-state index >= 15 is 0 Å². The lowest BCUT2D eigenvalue weighted by molar-refractivity contribution is 0.0256. The van der Waals surface area contributed by atoms with Gasteiger partial charge in [-0.3, -0.25) is 4.98 Å². The van der Waals surface area contributed by atoms with Gasteiger partial charge < -0.3 is 14.7 Å². The molecular formula is C21H24N2O4. The first kappa shape index (κ1) is 20.2. The van der Waals surface area contributed by atoms with Crippen LogP contribution in [0.5, 0.6) is 0 Å². The van der Waals surface area contributed by atoms with E-state index in [0.717, 1.165) is 11.1 Å². The minimum atomic E-state index is -0.960. The number of carbonyl (C=O) groups is 2. The number of carboxylic acid groups (broad SMARTS) is 1. The van der Waals surface area contributed by atoms with Crippen LogP contribution in [0.3, 0.4) is 0 Å². The van der Waals surface area contributed by atoms with E-state index in [-0.39, 0.29) is 5.56 Å². The monoisotopic (exact) mass is 368 g/mol. The highest BCUT2D eigenvalue weighted by atomic mass is 16.6. The van der Waals surface area contributed by atoms with Crippen molar-refractivity contribution in [3.63, 3.8) is 0 Å². The molecule has 1 aromatic carbocycles. The molecule has 0 radical (unpaired) electrons. The van der Waals surface area contributed by atoms with E-state index in [4.69, 9.17) is 9.84 Å². The summed E-state index contributed by atoms with van der Waals surface area (Å²) in [6.45, 7) is 6.21. The Morgan fingerprint density at radius 3 is 2.44 bits per heavy atom. The van der Waals surface area contributed by atoms with Crippen molar-refractivity contribution >= 4 is 18.1 Å². The molecule has 6 nitrogen and oxygen atoms in total. The van der Waals surface area contributed by atoms with Gasteiger partial charge in [0.25, 0.3) is 0 Å². The predicted octanol–water partition coefficient (Wildman–Crippen LogP) is 4.23. The normalized spacial score (nSPS) is 11.4. The van der Waals surface area contributed by atoms with Crippen molar-refractivity contribution in [3.8, 4) is 0 Å². The van der Waals surface area contributed by atoms with Crippen LogP contribution in [-0.4, -0.2) is 39.2 Å². The molecule has 0 spiro atoms. The molecule has 0 aliphatic carbocycles. The number of amides is 1. The smallest absolute Gasteiger partial charge is 0.410 e. The maximum absolute atomic E-state index is 12.5. The fourth-order valence-corrected chi connectivity index (χ4v) is 2.29. The molecule has 0 aliphatic rings. The Hall–Kier alpha value is -3.15. The van der Waals surface area contributed by atoms with Gasteiger partial charge in [-0.15, -0.1) is 0 Å². The molecule has 0 saturated carbocycles. The number of aromatic nitrogens is 1. The van der Waals surface area contributed by atoms with Crippen molar-refractivity contribution in [2.24, 2.45) is 0 Å². The van der Waals surface area contributed by atoms with Gasteiger partial charge in [-0.25, -0.2) is 9.59 Å². The molecule has 0 atom stereocenters. The van der Waals surface area contributed by atoms with Gasteiger partial charge in [-0.05, 0) is 50.1 Å². The van der Waals surface area contributed by atoms with Crippen molar-refractivity contribution < 1.29 is 19.4 Å². The Balaban J connectivity index is 2.08. The first-order chi connectivity index (χ1) is 12.7. The Morgan fingerprint density at radius 2 is 1.89 bits per heavy atom. The quantitative estimate of drug-likeness (QED) is 0.825. The molecule has 1 heterocycles. The van der Waals surface area contributed by atoms with Crippen LogP contribution in [0, 0.1) is 0 Å². The second-order valence-electron chi connectivity index (χ2n) is 7.05. The third kappa shape index (κ3) is 6.93. The minimum absolute atomic E-state index is 0.235. The lowest BCUT2D eigenvalue weighted by Crippen LogP contribution is -2.36. The molecule has 142 valence electrons. The number of rotatable bonds is 6. The summed E-state index contributed by atoms with van der Waals surface area (Å²) < 4.78 is 5.48. The summed E-state index contributed by atoms with van der Waals surface area (Å²) in [6, 6.07) is 10.3. The standard InChI is InChI=1S/C21H24N2O4/c1-21(2,3)27-20(26)23(15-17-6-4-12-22-14-17)13-5-7-16-8-10-18(11-9-16)19(24)25/h4-12,14H,13,15H2,1-3H3,(H,24,25). The van der Waals surface area contributed by atoms with Gasteiger partial charge in [0.05, 0.1) is 12.1 Å². The first-order valence-corrected chi connectivity index (χ1v) is 8.61. The summed E-state index contributed by atoms with van der Waals surface area (Å²) in [6.07, 6.45) is 6.67. The Bertz CT molecular complexity index is 793. The van der Waals surface area contributed by atoms with E-state index in [1.807, 2.05) is 45.1 Å². The lowest BCUT2D eigenvalue weighted by Gasteiger charge is -2.26. The zero-order valence-corrected chi connectivity index (χ0v) is 15.8. The molecule has 0 fully saturated rings. The molecular weight excluding hydrogens is 344 g/mol. The third-order valence-electron chi connectivity index (χ3n) is 3.54. The van der Waals surface area contributed by atoms with Gasteiger partial charge >= 0.3 is 12.1 Å². The second kappa shape index (κ2) is 8.98. The maximum Gasteiger partial charge on any atom is 0.410 e. The topological polar surface area (TPSA) is 79.7 Å². The molecule has 0 unspecified atom stereocenters. The molecule has 2 aromatic rings. The zero-order valence-electron chi connectivity index (χ0n) is 15.8. The van der Waals surface area contributed by atoms with Gasteiger partial charge in [0.2, 0.25) is 0 Å². The van der Waals surface area contributed by atoms with Gasteiger partial charge in [0, 0.05) is 18.9 Å². The SMILES string of the molecule is CC(C)(C)OC(=O)N(CC=Cc1ccc(C(=O)O)cc1)Cc1cccnc1. The van der Waals surface area contributed by atoms with Crippen molar-refractivity contribution in [2.45, 2.75) is 32.9 Å². The zero-order chi connectivity index (χ0) is 19.9. The molecule has 1 N–H and O–H groups in total. The van der Waals surface area contributed by atoms with E-state index < -0.39 is 17.7 Å². The van der Waals surface area contributed by atoms with Gasteiger partial charge in [-0.2, -0.15) is 0 Å². The van der Waals surface area contributed by atoms with Gasteiger partial charge in [0.1, 0.15) is 5.60 Å². The summed E-state index contributed by atoms with van der Waals surface area (Å²) in [5.41, 5.74) is 1.41. The molecule has 27 heavy (non-hydrogen) atoms. The highest BCUT2D eigenvalue weighted by Crippen LogP contribution is 2.13. The summed E-state index contributed by atoms with van der Waals surface area (Å²) in [5, 5.41) is 8.94. The Morgan fingerprint density at radius 1 is 1.19 bits per heavy atom. The Labute approximate surface area is 159 Å². The van der Waals surface area contributed by atoms with Crippen LogP contribution in [0.4, 0.5) is 4.79 Å². The van der Waals surface area contributed by atoms with Crippen molar-refractivity contribution in [2.75, 3.05) is 6.54 Å². The highest BCUT2D eigenvalue weighted by Gasteiger charge is 2.21. The van der Waals surface area contributed by atoms with Crippen LogP contribution < -0.4 is 0 Å². The number of pyridine rings is 1. The van der Waals surface area contributed by atoms with E-state index in [2.05, 4.69) is 4.98 Å².